The van der Waals surface area contributed by atoms with E-state index >= 15 is 0 Å². The van der Waals surface area contributed by atoms with Crippen LogP contribution in [0.1, 0.15) is 24.1 Å². The molecule has 3 aliphatic rings. The maximum Gasteiger partial charge on any atom is 0.233 e. The lowest BCUT2D eigenvalue weighted by atomic mass is 9.85. The highest BCUT2D eigenvalue weighted by Gasteiger charge is 2.58. The number of aryl methyl sites for hydroxylation is 1. The SMILES string of the molecule is CN=C(NCCCN1C(=O)C2C3C=CC(C3)C2C1=O)NCc1ccccc1-n1ccc(C)n1. The summed E-state index contributed by atoms with van der Waals surface area (Å²) in [4.78, 5) is 31.4. The lowest BCUT2D eigenvalue weighted by Crippen LogP contribution is -2.39. The number of likely N-dealkylation sites (tertiary alicyclic amines) is 1. The molecule has 1 saturated carbocycles. The molecule has 2 bridgehead atoms. The van der Waals surface area contributed by atoms with Crippen LogP contribution in [0.2, 0.25) is 0 Å². The molecular weight excluding hydrogens is 416 g/mol. The number of benzene rings is 1. The summed E-state index contributed by atoms with van der Waals surface area (Å²) in [6, 6.07) is 10.1. The van der Waals surface area contributed by atoms with Gasteiger partial charge in [-0.25, -0.2) is 4.68 Å². The van der Waals surface area contributed by atoms with Gasteiger partial charge in [0.1, 0.15) is 0 Å². The van der Waals surface area contributed by atoms with Gasteiger partial charge in [0.15, 0.2) is 5.96 Å². The van der Waals surface area contributed by atoms with Gasteiger partial charge < -0.3 is 10.6 Å². The first-order chi connectivity index (χ1) is 16.1. The summed E-state index contributed by atoms with van der Waals surface area (Å²) in [6.45, 7) is 3.64. The Kier molecular flexibility index (Phi) is 5.74. The van der Waals surface area contributed by atoms with Crippen LogP contribution >= 0.6 is 0 Å². The zero-order valence-corrected chi connectivity index (χ0v) is 19.1. The standard InChI is InChI=1S/C25H30N6O2/c1-16-10-13-31(29-16)20-7-4-3-6-19(20)15-28-25(26-2)27-11-5-12-30-23(32)21-17-8-9-18(14-17)22(21)24(30)33/h3-4,6-10,13,17-18,21-22H,5,11-12,14-15H2,1-2H3,(H2,26,27,28). The van der Waals surface area contributed by atoms with Crippen molar-refractivity contribution in [2.45, 2.75) is 26.3 Å². The van der Waals surface area contributed by atoms with E-state index in [0.29, 0.717) is 32.0 Å². The van der Waals surface area contributed by atoms with Crippen molar-refractivity contribution in [2.24, 2.45) is 28.7 Å². The summed E-state index contributed by atoms with van der Waals surface area (Å²) in [5, 5.41) is 11.1. The number of imide groups is 1. The lowest BCUT2D eigenvalue weighted by molar-refractivity contribution is -0.140. The fourth-order valence-corrected chi connectivity index (χ4v) is 5.46. The molecule has 8 nitrogen and oxygen atoms in total. The normalized spacial score (nSPS) is 25.8. The van der Waals surface area contributed by atoms with E-state index in [4.69, 9.17) is 0 Å². The molecule has 4 atom stereocenters. The van der Waals surface area contributed by atoms with Crippen LogP contribution in [0.5, 0.6) is 0 Å². The molecule has 172 valence electrons. The molecule has 0 radical (unpaired) electrons. The molecule has 2 amide bonds. The van der Waals surface area contributed by atoms with E-state index in [2.05, 4.69) is 38.9 Å². The van der Waals surface area contributed by atoms with Gasteiger partial charge in [0.05, 0.1) is 23.2 Å². The maximum absolute atomic E-state index is 12.8. The van der Waals surface area contributed by atoms with Crippen molar-refractivity contribution < 1.29 is 9.59 Å². The molecule has 33 heavy (non-hydrogen) atoms. The number of para-hydroxylation sites is 1. The summed E-state index contributed by atoms with van der Waals surface area (Å²) in [7, 11) is 1.73. The van der Waals surface area contributed by atoms with Gasteiger partial charge in [0, 0.05) is 32.9 Å². The van der Waals surface area contributed by atoms with Gasteiger partial charge >= 0.3 is 0 Å². The van der Waals surface area contributed by atoms with Crippen LogP contribution in [0.15, 0.2) is 53.7 Å². The van der Waals surface area contributed by atoms with Crippen LogP contribution in [0.3, 0.4) is 0 Å². The number of rotatable bonds is 7. The predicted molar refractivity (Wildman–Crippen MR) is 126 cm³/mol. The first-order valence-electron chi connectivity index (χ1n) is 11.7. The number of carbonyl (C=O) groups excluding carboxylic acids is 2. The quantitative estimate of drug-likeness (QED) is 0.223. The molecule has 2 heterocycles. The number of hydrogen-bond donors (Lipinski definition) is 2. The number of aromatic nitrogens is 2. The summed E-state index contributed by atoms with van der Waals surface area (Å²) >= 11 is 0. The van der Waals surface area contributed by atoms with E-state index < -0.39 is 0 Å². The first kappa shape index (κ1) is 21.4. The van der Waals surface area contributed by atoms with E-state index in [1.807, 2.05) is 42.1 Å². The van der Waals surface area contributed by atoms with Crippen molar-refractivity contribution in [1.29, 1.82) is 0 Å². The number of fused-ring (bicyclic) bond motifs is 5. The number of nitrogens with zero attached hydrogens (tertiary/aromatic N) is 4. The maximum atomic E-state index is 12.8. The van der Waals surface area contributed by atoms with Gasteiger partial charge in [-0.3, -0.25) is 19.5 Å². The third-order valence-electron chi connectivity index (χ3n) is 7.04. The fraction of sp³-hybridized carbons (Fsp3) is 0.440. The largest absolute Gasteiger partial charge is 0.356 e. The van der Waals surface area contributed by atoms with E-state index in [9.17, 15) is 9.59 Å². The van der Waals surface area contributed by atoms with Crippen molar-refractivity contribution in [2.75, 3.05) is 20.1 Å². The smallest absolute Gasteiger partial charge is 0.233 e. The monoisotopic (exact) mass is 446 g/mol. The average molecular weight is 447 g/mol. The Balaban J connectivity index is 1.11. The minimum absolute atomic E-state index is 0.0230. The van der Waals surface area contributed by atoms with Crippen molar-refractivity contribution in [3.05, 3.63) is 59.9 Å². The molecule has 1 saturated heterocycles. The van der Waals surface area contributed by atoms with E-state index in [-0.39, 0.29) is 35.5 Å². The molecule has 1 aromatic heterocycles. The highest BCUT2D eigenvalue weighted by Crippen LogP contribution is 2.52. The van der Waals surface area contributed by atoms with Gasteiger partial charge in [-0.2, -0.15) is 5.10 Å². The molecule has 1 aliphatic heterocycles. The molecule has 2 fully saturated rings. The van der Waals surface area contributed by atoms with Crippen molar-refractivity contribution in [1.82, 2.24) is 25.3 Å². The zero-order valence-electron chi connectivity index (χ0n) is 19.1. The zero-order chi connectivity index (χ0) is 22.9. The van der Waals surface area contributed by atoms with E-state index in [1.165, 1.54) is 4.90 Å². The van der Waals surface area contributed by atoms with Crippen LogP contribution < -0.4 is 10.6 Å². The Morgan fingerprint density at radius 3 is 2.48 bits per heavy atom. The lowest BCUT2D eigenvalue weighted by Gasteiger charge is -2.18. The van der Waals surface area contributed by atoms with Crippen molar-refractivity contribution >= 4 is 17.8 Å². The van der Waals surface area contributed by atoms with Crippen molar-refractivity contribution in [3.63, 3.8) is 0 Å². The molecule has 1 aromatic carbocycles. The average Bonchev–Trinajstić information content (AvgIpc) is 3.60. The van der Waals surface area contributed by atoms with Crippen LogP contribution in [-0.4, -0.2) is 52.6 Å². The number of nitrogens with one attached hydrogen (secondary N) is 2. The Bertz CT molecular complexity index is 1090. The number of guanidine groups is 1. The third-order valence-corrected chi connectivity index (χ3v) is 7.04. The highest BCUT2D eigenvalue weighted by molar-refractivity contribution is 6.06. The molecule has 8 heteroatoms. The van der Waals surface area contributed by atoms with Gasteiger partial charge in [-0.1, -0.05) is 30.4 Å². The first-order valence-corrected chi connectivity index (χ1v) is 11.7. The Morgan fingerprint density at radius 2 is 1.82 bits per heavy atom. The summed E-state index contributed by atoms with van der Waals surface area (Å²) in [5.41, 5.74) is 3.10. The summed E-state index contributed by atoms with van der Waals surface area (Å²) in [5.74, 6) is 1.01. The summed E-state index contributed by atoms with van der Waals surface area (Å²) < 4.78 is 1.88. The van der Waals surface area contributed by atoms with Gasteiger partial charge in [0.2, 0.25) is 11.8 Å². The minimum atomic E-state index is -0.117. The number of hydrogen-bond acceptors (Lipinski definition) is 4. The second kappa shape index (κ2) is 8.84. The fourth-order valence-electron chi connectivity index (χ4n) is 5.46. The van der Waals surface area contributed by atoms with Crippen LogP contribution in [0, 0.1) is 30.6 Å². The Labute approximate surface area is 193 Å². The molecule has 5 rings (SSSR count). The van der Waals surface area contributed by atoms with E-state index in [0.717, 1.165) is 23.4 Å². The number of aliphatic imine (C=N–C) groups is 1. The van der Waals surface area contributed by atoms with Crippen LogP contribution in [0.25, 0.3) is 5.69 Å². The molecule has 2 N–H and O–H groups in total. The molecule has 2 aliphatic carbocycles. The van der Waals surface area contributed by atoms with Crippen molar-refractivity contribution in [3.8, 4) is 5.69 Å². The Morgan fingerprint density at radius 1 is 1.09 bits per heavy atom. The summed E-state index contributed by atoms with van der Waals surface area (Å²) in [6.07, 6.45) is 7.86. The molecule has 2 aromatic rings. The molecule has 0 spiro atoms. The molecule has 4 unspecified atom stereocenters. The van der Waals surface area contributed by atoms with Crippen LogP contribution in [-0.2, 0) is 16.1 Å². The van der Waals surface area contributed by atoms with Gasteiger partial charge in [-0.15, -0.1) is 0 Å². The van der Waals surface area contributed by atoms with E-state index in [1.54, 1.807) is 7.05 Å². The third kappa shape index (κ3) is 3.94. The van der Waals surface area contributed by atoms with Gasteiger partial charge in [0.25, 0.3) is 0 Å². The number of allylic oxidation sites excluding steroid dienone is 2. The number of carbonyl (C=O) groups is 2. The number of amides is 2. The molecular formula is C25H30N6O2. The topological polar surface area (TPSA) is 91.6 Å². The van der Waals surface area contributed by atoms with Crippen LogP contribution in [0.4, 0.5) is 0 Å². The second-order valence-corrected chi connectivity index (χ2v) is 9.06. The highest BCUT2D eigenvalue weighted by atomic mass is 16.2. The Hall–Kier alpha value is -3.42. The second-order valence-electron chi connectivity index (χ2n) is 9.06. The predicted octanol–water partition coefficient (Wildman–Crippen LogP) is 2.04. The minimum Gasteiger partial charge on any atom is -0.356 e. The van der Waals surface area contributed by atoms with Gasteiger partial charge in [-0.05, 0) is 49.3 Å².